The van der Waals surface area contributed by atoms with E-state index in [0.29, 0.717) is 11.6 Å². The molecule has 0 spiro atoms. The second kappa shape index (κ2) is 10.3. The average molecular weight is 495 g/mol. The number of ether oxygens (including phenoxy) is 1. The molecule has 2 aliphatic rings. The Hall–Kier alpha value is -3.32. The summed E-state index contributed by atoms with van der Waals surface area (Å²) in [6, 6.07) is 2.17. The maximum Gasteiger partial charge on any atom is 0.414 e. The normalized spacial score (nSPS) is 18.6. The number of anilines is 2. The molecule has 13 heteroatoms. The van der Waals surface area contributed by atoms with Gasteiger partial charge in [0, 0.05) is 50.3 Å². The number of nitrogens with zero attached hydrogens (tertiary/aromatic N) is 4. The fourth-order valence-electron chi connectivity index (χ4n) is 3.84. The van der Waals surface area contributed by atoms with Crippen LogP contribution >= 0.6 is 11.3 Å². The van der Waals surface area contributed by atoms with E-state index in [1.807, 2.05) is 0 Å². The first-order valence-corrected chi connectivity index (χ1v) is 11.6. The minimum atomic E-state index is -0.823. The van der Waals surface area contributed by atoms with Crippen LogP contribution in [0.5, 0.6) is 0 Å². The molecule has 2 saturated heterocycles. The number of cyclic esters (lactones) is 1. The van der Waals surface area contributed by atoms with Crippen LogP contribution in [0, 0.1) is 11.6 Å². The lowest BCUT2D eigenvalue weighted by molar-refractivity contribution is -0.133. The molecule has 0 aliphatic carbocycles. The molecule has 2 fully saturated rings. The molecule has 0 bridgehead atoms. The minimum Gasteiger partial charge on any atom is -0.442 e. The average Bonchev–Trinajstić information content (AvgIpc) is 3.35. The van der Waals surface area contributed by atoms with Gasteiger partial charge < -0.3 is 15.0 Å². The third-order valence-electron chi connectivity index (χ3n) is 5.45. The van der Waals surface area contributed by atoms with E-state index in [0.717, 1.165) is 17.0 Å². The molecule has 3 heterocycles. The topological polar surface area (TPSA) is 107 Å². The number of thiazole rings is 1. The van der Waals surface area contributed by atoms with Gasteiger partial charge >= 0.3 is 6.09 Å². The van der Waals surface area contributed by atoms with Crippen LogP contribution in [0.2, 0.25) is 0 Å². The van der Waals surface area contributed by atoms with Crippen LogP contribution in [-0.4, -0.2) is 73.3 Å². The van der Waals surface area contributed by atoms with Crippen molar-refractivity contribution in [3.8, 4) is 0 Å². The zero-order valence-electron chi connectivity index (χ0n) is 18.4. The van der Waals surface area contributed by atoms with Gasteiger partial charge in [-0.25, -0.2) is 24.0 Å². The highest BCUT2D eigenvalue weighted by molar-refractivity contribution is 7.09. The third-order valence-corrected chi connectivity index (χ3v) is 6.23. The van der Waals surface area contributed by atoms with Gasteiger partial charge in [-0.05, 0) is 0 Å². The van der Waals surface area contributed by atoms with Crippen LogP contribution in [0.4, 0.5) is 25.0 Å². The summed E-state index contributed by atoms with van der Waals surface area (Å²) in [5.74, 6) is -2.09. The Morgan fingerprint density at radius 1 is 1.26 bits per heavy atom. The zero-order chi connectivity index (χ0) is 24.2. The van der Waals surface area contributed by atoms with Crippen molar-refractivity contribution in [2.45, 2.75) is 19.4 Å². The summed E-state index contributed by atoms with van der Waals surface area (Å²) in [7, 11) is 0. The number of benzene rings is 1. The Bertz CT molecular complexity index is 1050. The molecular weight excluding hydrogens is 470 g/mol. The summed E-state index contributed by atoms with van der Waals surface area (Å²) in [5.41, 5.74) is 2.80. The molecule has 3 amide bonds. The number of rotatable bonds is 6. The second-order valence-electron chi connectivity index (χ2n) is 7.85. The monoisotopic (exact) mass is 494 g/mol. The SMILES string of the molecule is CC(=O)NC[C@H]1CN(c2cc(F)c(N3CCNN(C(=O)Cc4nccs4)CC3)c(F)c2)C(=O)O1. The predicted molar refractivity (Wildman–Crippen MR) is 120 cm³/mol. The molecule has 2 N–H and O–H groups in total. The van der Waals surface area contributed by atoms with Crippen LogP contribution in [0.15, 0.2) is 23.7 Å². The summed E-state index contributed by atoms with van der Waals surface area (Å²) in [4.78, 5) is 42.5. The van der Waals surface area contributed by atoms with Crippen molar-refractivity contribution in [2.75, 3.05) is 49.1 Å². The number of hydrogen-bond acceptors (Lipinski definition) is 8. The van der Waals surface area contributed by atoms with E-state index in [-0.39, 0.29) is 62.3 Å². The number of halogens is 2. The molecule has 2 aromatic rings. The molecule has 34 heavy (non-hydrogen) atoms. The third kappa shape index (κ3) is 5.42. The van der Waals surface area contributed by atoms with Crippen molar-refractivity contribution in [1.29, 1.82) is 0 Å². The van der Waals surface area contributed by atoms with Crippen LogP contribution in [-0.2, 0) is 20.7 Å². The number of amides is 3. The predicted octanol–water partition coefficient (Wildman–Crippen LogP) is 1.28. The largest absolute Gasteiger partial charge is 0.442 e. The van der Waals surface area contributed by atoms with Crippen LogP contribution in [0.25, 0.3) is 0 Å². The maximum absolute atomic E-state index is 15.0. The van der Waals surface area contributed by atoms with Gasteiger partial charge in [0.15, 0.2) is 11.6 Å². The molecule has 2 aliphatic heterocycles. The number of hydrogen-bond donors (Lipinski definition) is 2. The molecule has 4 rings (SSSR count). The lowest BCUT2D eigenvalue weighted by atomic mass is 10.2. The smallest absolute Gasteiger partial charge is 0.414 e. The van der Waals surface area contributed by atoms with Gasteiger partial charge in [-0.3, -0.25) is 19.5 Å². The number of carbonyl (C=O) groups excluding carboxylic acids is 3. The molecule has 1 atom stereocenters. The fourth-order valence-corrected chi connectivity index (χ4v) is 4.45. The minimum absolute atomic E-state index is 0.0299. The van der Waals surface area contributed by atoms with Crippen LogP contribution < -0.4 is 20.5 Å². The Morgan fingerprint density at radius 2 is 2.03 bits per heavy atom. The van der Waals surface area contributed by atoms with E-state index < -0.39 is 23.8 Å². The number of aromatic nitrogens is 1. The molecule has 0 saturated carbocycles. The van der Waals surface area contributed by atoms with E-state index in [1.165, 1.54) is 28.2 Å². The fraction of sp³-hybridized carbons (Fsp3) is 0.429. The summed E-state index contributed by atoms with van der Waals surface area (Å²) >= 11 is 1.39. The first-order chi connectivity index (χ1) is 16.3. The lowest BCUT2D eigenvalue weighted by Crippen LogP contribution is -2.44. The molecular formula is C21H24F2N6O4S. The Labute approximate surface area is 198 Å². The van der Waals surface area contributed by atoms with Crippen molar-refractivity contribution >= 4 is 40.6 Å². The lowest BCUT2D eigenvalue weighted by Gasteiger charge is -2.25. The van der Waals surface area contributed by atoms with Crippen molar-refractivity contribution < 1.29 is 27.9 Å². The Kier molecular flexibility index (Phi) is 7.22. The Morgan fingerprint density at radius 3 is 2.71 bits per heavy atom. The van der Waals surface area contributed by atoms with E-state index in [9.17, 15) is 14.4 Å². The first kappa shape index (κ1) is 23.8. The highest BCUT2D eigenvalue weighted by Gasteiger charge is 2.34. The van der Waals surface area contributed by atoms with Gasteiger partial charge in [0.1, 0.15) is 16.8 Å². The number of hydrazine groups is 1. The summed E-state index contributed by atoms with van der Waals surface area (Å²) in [6.45, 7) is 2.54. The summed E-state index contributed by atoms with van der Waals surface area (Å²) in [6.07, 6.45) is 0.421. The second-order valence-corrected chi connectivity index (χ2v) is 8.83. The van der Waals surface area contributed by atoms with Crippen molar-refractivity contribution in [3.05, 3.63) is 40.4 Å². The summed E-state index contributed by atoms with van der Waals surface area (Å²) < 4.78 is 35.2. The number of nitrogens with one attached hydrogen (secondary N) is 2. The van der Waals surface area contributed by atoms with E-state index in [1.54, 1.807) is 11.6 Å². The Balaban J connectivity index is 1.42. The van der Waals surface area contributed by atoms with Crippen molar-refractivity contribution in [3.63, 3.8) is 0 Å². The summed E-state index contributed by atoms with van der Waals surface area (Å²) in [5, 5.41) is 6.48. The van der Waals surface area contributed by atoms with Crippen molar-refractivity contribution in [2.24, 2.45) is 0 Å². The van der Waals surface area contributed by atoms with Gasteiger partial charge in [-0.2, -0.15) is 0 Å². The standard InChI is InChI=1S/C21H24F2N6O4S/c1-13(30)25-11-15-12-28(21(32)33-15)14-8-16(22)20(17(23)9-14)27-4-2-26-29(6-5-27)19(31)10-18-24-3-7-34-18/h3,7-9,15,26H,2,4-6,10-12H2,1H3,(H,25,30)/t15-/m0/s1. The first-order valence-electron chi connectivity index (χ1n) is 10.7. The van der Waals surface area contributed by atoms with E-state index in [2.05, 4.69) is 15.7 Å². The zero-order valence-corrected chi connectivity index (χ0v) is 19.2. The van der Waals surface area contributed by atoms with Gasteiger partial charge in [0.2, 0.25) is 11.8 Å². The van der Waals surface area contributed by atoms with Crippen LogP contribution in [0.3, 0.4) is 0 Å². The molecule has 1 aromatic carbocycles. The molecule has 0 radical (unpaired) electrons. The molecule has 182 valence electrons. The molecule has 10 nitrogen and oxygen atoms in total. The molecule has 0 unspecified atom stereocenters. The quantitative estimate of drug-likeness (QED) is 0.623. The maximum atomic E-state index is 15.0. The highest BCUT2D eigenvalue weighted by atomic mass is 32.1. The van der Waals surface area contributed by atoms with E-state index in [4.69, 9.17) is 4.74 Å². The van der Waals surface area contributed by atoms with Crippen LogP contribution in [0.1, 0.15) is 11.9 Å². The van der Waals surface area contributed by atoms with Crippen molar-refractivity contribution in [1.82, 2.24) is 20.7 Å². The van der Waals surface area contributed by atoms with Gasteiger partial charge in [0.25, 0.3) is 0 Å². The van der Waals surface area contributed by atoms with Gasteiger partial charge in [-0.1, -0.05) is 0 Å². The number of carbonyl (C=O) groups is 3. The highest BCUT2D eigenvalue weighted by Crippen LogP contribution is 2.31. The van der Waals surface area contributed by atoms with Gasteiger partial charge in [0.05, 0.1) is 31.7 Å². The van der Waals surface area contributed by atoms with E-state index >= 15 is 8.78 Å². The van der Waals surface area contributed by atoms with Gasteiger partial charge in [-0.15, -0.1) is 11.3 Å². The molecule has 1 aromatic heterocycles.